The van der Waals surface area contributed by atoms with Crippen LogP contribution in [0.4, 0.5) is 0 Å². The monoisotopic (exact) mass is 333 g/mol. The zero-order valence-corrected chi connectivity index (χ0v) is 14.9. The van der Waals surface area contributed by atoms with Gasteiger partial charge in [-0.15, -0.1) is 0 Å². The smallest absolute Gasteiger partial charge is 0.123 e. The predicted octanol–water partition coefficient (Wildman–Crippen LogP) is 5.71. The number of nitrogens with zero attached hydrogens (tertiary/aromatic N) is 1. The van der Waals surface area contributed by atoms with Gasteiger partial charge >= 0.3 is 0 Å². The largest absolute Gasteiger partial charge is 0.341 e. The molecule has 0 aliphatic heterocycles. The molecule has 3 rings (SSSR count). The van der Waals surface area contributed by atoms with Gasteiger partial charge in [0.15, 0.2) is 0 Å². The fraction of sp³-hybridized carbons (Fsp3) is 0.318. The van der Waals surface area contributed by atoms with E-state index in [0.717, 1.165) is 29.9 Å². The van der Waals surface area contributed by atoms with Gasteiger partial charge < -0.3 is 10.7 Å². The zero-order valence-electron chi connectivity index (χ0n) is 14.9. The van der Waals surface area contributed by atoms with E-state index in [-0.39, 0.29) is 6.04 Å². The Kier molecular flexibility index (Phi) is 6.02. The van der Waals surface area contributed by atoms with Crippen LogP contribution in [0, 0.1) is 0 Å². The van der Waals surface area contributed by atoms with Gasteiger partial charge in [-0.1, -0.05) is 87.2 Å². The van der Waals surface area contributed by atoms with E-state index in [1.165, 1.54) is 30.4 Å². The molecular formula is C22H27N3. The molecule has 0 fully saturated rings. The number of nitrogens with one attached hydrogen (secondary N) is 1. The van der Waals surface area contributed by atoms with E-state index in [4.69, 9.17) is 5.73 Å². The van der Waals surface area contributed by atoms with Crippen LogP contribution >= 0.6 is 0 Å². The van der Waals surface area contributed by atoms with Crippen LogP contribution in [0.5, 0.6) is 0 Å². The SMILES string of the molecule is CCCCCC[C@H](N)c1ncc(-c2ccc(-c3ccccc3)cc2)[nH]1. The number of unbranched alkanes of at least 4 members (excludes halogenated alkanes) is 3. The van der Waals surface area contributed by atoms with Gasteiger partial charge in [0.05, 0.1) is 17.9 Å². The molecular weight excluding hydrogens is 306 g/mol. The minimum atomic E-state index is -0.00537. The third kappa shape index (κ3) is 4.58. The van der Waals surface area contributed by atoms with Crippen LogP contribution in [0.3, 0.4) is 0 Å². The van der Waals surface area contributed by atoms with Crippen LogP contribution in [0.15, 0.2) is 60.8 Å². The molecule has 3 heteroatoms. The Hall–Kier alpha value is -2.39. The lowest BCUT2D eigenvalue weighted by Gasteiger charge is -2.08. The second kappa shape index (κ2) is 8.63. The first-order valence-corrected chi connectivity index (χ1v) is 9.24. The van der Waals surface area contributed by atoms with Gasteiger partial charge in [-0.3, -0.25) is 0 Å². The Labute approximate surface area is 150 Å². The molecule has 1 aromatic heterocycles. The van der Waals surface area contributed by atoms with E-state index >= 15 is 0 Å². The van der Waals surface area contributed by atoms with Gasteiger partial charge in [-0.05, 0) is 23.1 Å². The highest BCUT2D eigenvalue weighted by atomic mass is 15.0. The third-order valence-corrected chi connectivity index (χ3v) is 4.62. The second-order valence-electron chi connectivity index (χ2n) is 6.58. The average molecular weight is 333 g/mol. The second-order valence-corrected chi connectivity index (χ2v) is 6.58. The van der Waals surface area contributed by atoms with Crippen LogP contribution in [0.2, 0.25) is 0 Å². The van der Waals surface area contributed by atoms with Gasteiger partial charge in [0.2, 0.25) is 0 Å². The lowest BCUT2D eigenvalue weighted by atomic mass is 10.0. The molecule has 1 atom stereocenters. The molecule has 0 saturated carbocycles. The van der Waals surface area contributed by atoms with Crippen molar-refractivity contribution < 1.29 is 0 Å². The van der Waals surface area contributed by atoms with Crippen LogP contribution in [-0.2, 0) is 0 Å². The molecule has 0 bridgehead atoms. The highest BCUT2D eigenvalue weighted by molar-refractivity contribution is 5.68. The summed E-state index contributed by atoms with van der Waals surface area (Å²) in [6.07, 6.45) is 7.82. The van der Waals surface area contributed by atoms with Crippen molar-refractivity contribution in [3.63, 3.8) is 0 Å². The van der Waals surface area contributed by atoms with E-state index in [1.54, 1.807) is 0 Å². The number of benzene rings is 2. The number of aromatic nitrogens is 2. The number of nitrogens with two attached hydrogens (primary N) is 1. The van der Waals surface area contributed by atoms with Crippen molar-refractivity contribution in [3.8, 4) is 22.4 Å². The van der Waals surface area contributed by atoms with Crippen LogP contribution in [-0.4, -0.2) is 9.97 Å². The van der Waals surface area contributed by atoms with Crippen LogP contribution in [0.25, 0.3) is 22.4 Å². The van der Waals surface area contributed by atoms with Gasteiger partial charge in [-0.2, -0.15) is 0 Å². The number of H-pyrrole nitrogens is 1. The molecule has 1 heterocycles. The summed E-state index contributed by atoms with van der Waals surface area (Å²) < 4.78 is 0. The minimum absolute atomic E-state index is 0.00537. The van der Waals surface area contributed by atoms with Crippen LogP contribution < -0.4 is 5.73 Å². The Morgan fingerprint density at radius 2 is 1.56 bits per heavy atom. The van der Waals surface area contributed by atoms with E-state index in [1.807, 2.05) is 12.3 Å². The van der Waals surface area contributed by atoms with Crippen molar-refractivity contribution in [2.75, 3.05) is 0 Å². The van der Waals surface area contributed by atoms with E-state index in [0.29, 0.717) is 0 Å². The van der Waals surface area contributed by atoms with E-state index < -0.39 is 0 Å². The molecule has 3 nitrogen and oxygen atoms in total. The summed E-state index contributed by atoms with van der Waals surface area (Å²) in [5.41, 5.74) is 10.9. The number of rotatable bonds is 8. The summed E-state index contributed by atoms with van der Waals surface area (Å²) >= 11 is 0. The molecule has 0 radical (unpaired) electrons. The summed E-state index contributed by atoms with van der Waals surface area (Å²) in [4.78, 5) is 7.88. The van der Waals surface area contributed by atoms with Crippen molar-refractivity contribution in [1.82, 2.24) is 9.97 Å². The van der Waals surface area contributed by atoms with E-state index in [9.17, 15) is 0 Å². The molecule has 0 aliphatic carbocycles. The van der Waals surface area contributed by atoms with Crippen molar-refractivity contribution in [2.24, 2.45) is 5.73 Å². The molecule has 3 N–H and O–H groups in total. The summed E-state index contributed by atoms with van der Waals surface area (Å²) in [5.74, 6) is 0.888. The summed E-state index contributed by atoms with van der Waals surface area (Å²) in [6, 6.07) is 19.0. The predicted molar refractivity (Wildman–Crippen MR) is 105 cm³/mol. The Balaban J connectivity index is 1.66. The number of hydrogen-bond donors (Lipinski definition) is 2. The average Bonchev–Trinajstić information content (AvgIpc) is 3.16. The number of hydrogen-bond acceptors (Lipinski definition) is 2. The maximum absolute atomic E-state index is 6.28. The molecule has 0 spiro atoms. The standard InChI is InChI=1S/C22H27N3/c1-2-3-4-8-11-20(23)22-24-16-21(25-22)19-14-12-18(13-15-19)17-9-6-5-7-10-17/h5-7,9-10,12-16,20H,2-4,8,11,23H2,1H3,(H,24,25)/t20-/m0/s1. The fourth-order valence-corrected chi connectivity index (χ4v) is 3.07. The lowest BCUT2D eigenvalue weighted by molar-refractivity contribution is 0.550. The Bertz CT molecular complexity index is 759. The fourth-order valence-electron chi connectivity index (χ4n) is 3.07. The van der Waals surface area contributed by atoms with Crippen molar-refractivity contribution in [1.29, 1.82) is 0 Å². The normalized spacial score (nSPS) is 12.2. The van der Waals surface area contributed by atoms with E-state index in [2.05, 4.69) is 65.4 Å². The third-order valence-electron chi connectivity index (χ3n) is 4.62. The lowest BCUT2D eigenvalue weighted by Crippen LogP contribution is -2.11. The number of aromatic amines is 1. The first kappa shape index (κ1) is 17.4. The molecule has 0 aliphatic rings. The molecule has 2 aromatic carbocycles. The molecule has 0 saturated heterocycles. The van der Waals surface area contributed by atoms with Gasteiger partial charge in [0, 0.05) is 0 Å². The minimum Gasteiger partial charge on any atom is -0.341 e. The molecule has 0 amide bonds. The quantitative estimate of drug-likeness (QED) is 0.518. The van der Waals surface area contributed by atoms with Gasteiger partial charge in [0.25, 0.3) is 0 Å². The highest BCUT2D eigenvalue weighted by Gasteiger charge is 2.11. The Morgan fingerprint density at radius 1 is 0.880 bits per heavy atom. The molecule has 25 heavy (non-hydrogen) atoms. The maximum Gasteiger partial charge on any atom is 0.123 e. The first-order valence-electron chi connectivity index (χ1n) is 9.24. The van der Waals surface area contributed by atoms with Crippen LogP contribution in [0.1, 0.15) is 50.9 Å². The molecule has 130 valence electrons. The first-order chi connectivity index (χ1) is 12.3. The molecule has 0 unspecified atom stereocenters. The molecule has 3 aromatic rings. The topological polar surface area (TPSA) is 54.7 Å². The van der Waals surface area contributed by atoms with Gasteiger partial charge in [-0.25, -0.2) is 4.98 Å². The number of imidazole rings is 1. The Morgan fingerprint density at radius 3 is 2.28 bits per heavy atom. The van der Waals surface area contributed by atoms with Gasteiger partial charge in [0.1, 0.15) is 5.82 Å². The maximum atomic E-state index is 6.28. The van der Waals surface area contributed by atoms with Crippen molar-refractivity contribution in [2.45, 2.75) is 45.1 Å². The summed E-state index contributed by atoms with van der Waals surface area (Å²) in [5, 5.41) is 0. The highest BCUT2D eigenvalue weighted by Crippen LogP contribution is 2.25. The van der Waals surface area contributed by atoms with Crippen molar-refractivity contribution >= 4 is 0 Å². The summed E-state index contributed by atoms with van der Waals surface area (Å²) in [6.45, 7) is 2.22. The van der Waals surface area contributed by atoms with Crippen molar-refractivity contribution in [3.05, 3.63) is 66.6 Å². The summed E-state index contributed by atoms with van der Waals surface area (Å²) in [7, 11) is 0. The zero-order chi connectivity index (χ0) is 17.5.